The van der Waals surface area contributed by atoms with Crippen LogP contribution in [0.25, 0.3) is 12.2 Å². The van der Waals surface area contributed by atoms with E-state index in [2.05, 4.69) is 94.5 Å². The van der Waals surface area contributed by atoms with E-state index in [0.717, 1.165) is 5.75 Å². The van der Waals surface area contributed by atoms with Gasteiger partial charge < -0.3 is 4.43 Å². The van der Waals surface area contributed by atoms with Crippen LogP contribution in [0.3, 0.4) is 0 Å². The van der Waals surface area contributed by atoms with Crippen molar-refractivity contribution in [1.82, 2.24) is 0 Å². The van der Waals surface area contributed by atoms with Crippen LogP contribution in [0.1, 0.15) is 31.9 Å². The highest BCUT2D eigenvalue weighted by atomic mass is 28.4. The standard InChI is InChI=1S/C20H26OSi/c1-20(2,3)22(4,5)21-19-13-9-12-18(16-19)15-14-17-10-7-6-8-11-17/h6-16H,1-5H3. The molecule has 0 aromatic heterocycles. The summed E-state index contributed by atoms with van der Waals surface area (Å²) in [7, 11) is -1.78. The molecule has 2 aromatic rings. The number of rotatable bonds is 4. The summed E-state index contributed by atoms with van der Waals surface area (Å²) in [6.07, 6.45) is 4.26. The molecule has 0 fully saturated rings. The lowest BCUT2D eigenvalue weighted by Gasteiger charge is -2.36. The molecule has 0 spiro atoms. The average molecular weight is 311 g/mol. The second-order valence-corrected chi connectivity index (χ2v) is 11.9. The Morgan fingerprint density at radius 1 is 0.818 bits per heavy atom. The fraction of sp³-hybridized carbons (Fsp3) is 0.300. The summed E-state index contributed by atoms with van der Waals surface area (Å²) in [4.78, 5) is 0. The van der Waals surface area contributed by atoms with Crippen LogP contribution in [0.4, 0.5) is 0 Å². The minimum Gasteiger partial charge on any atom is -0.543 e. The molecule has 0 aliphatic rings. The van der Waals surface area contributed by atoms with Crippen molar-refractivity contribution in [3.05, 3.63) is 65.7 Å². The van der Waals surface area contributed by atoms with Gasteiger partial charge in [0.15, 0.2) is 0 Å². The first kappa shape index (κ1) is 16.6. The average Bonchev–Trinajstić information content (AvgIpc) is 2.45. The Balaban J connectivity index is 2.16. The monoisotopic (exact) mass is 310 g/mol. The number of hydrogen-bond donors (Lipinski definition) is 0. The summed E-state index contributed by atoms with van der Waals surface area (Å²) in [6.45, 7) is 11.3. The third-order valence-electron chi connectivity index (χ3n) is 4.31. The van der Waals surface area contributed by atoms with Crippen molar-refractivity contribution in [1.29, 1.82) is 0 Å². The van der Waals surface area contributed by atoms with Gasteiger partial charge in [-0.15, -0.1) is 0 Å². The van der Waals surface area contributed by atoms with Crippen LogP contribution >= 0.6 is 0 Å². The molecular weight excluding hydrogens is 284 g/mol. The first-order valence-electron chi connectivity index (χ1n) is 7.80. The molecule has 2 heteroatoms. The van der Waals surface area contributed by atoms with Crippen molar-refractivity contribution in [2.75, 3.05) is 0 Å². The maximum atomic E-state index is 6.36. The third-order valence-corrected chi connectivity index (χ3v) is 8.66. The molecule has 0 atom stereocenters. The molecular formula is C20H26OSi. The maximum Gasteiger partial charge on any atom is 0.250 e. The molecule has 0 saturated heterocycles. The summed E-state index contributed by atoms with van der Waals surface area (Å²) >= 11 is 0. The van der Waals surface area contributed by atoms with Crippen LogP contribution in [0.15, 0.2) is 54.6 Å². The summed E-state index contributed by atoms with van der Waals surface area (Å²) < 4.78 is 6.36. The van der Waals surface area contributed by atoms with E-state index in [4.69, 9.17) is 4.43 Å². The van der Waals surface area contributed by atoms with Gasteiger partial charge in [0.1, 0.15) is 5.75 Å². The molecule has 2 aromatic carbocycles. The van der Waals surface area contributed by atoms with Crippen LogP contribution in [0.2, 0.25) is 18.1 Å². The fourth-order valence-corrected chi connectivity index (χ4v) is 2.91. The topological polar surface area (TPSA) is 9.23 Å². The summed E-state index contributed by atoms with van der Waals surface area (Å²) in [5, 5.41) is 0.211. The molecule has 0 N–H and O–H groups in total. The van der Waals surface area contributed by atoms with Gasteiger partial charge >= 0.3 is 0 Å². The van der Waals surface area contributed by atoms with E-state index in [-0.39, 0.29) is 5.04 Å². The summed E-state index contributed by atoms with van der Waals surface area (Å²) in [6, 6.07) is 18.7. The van der Waals surface area contributed by atoms with Gasteiger partial charge in [-0.05, 0) is 41.4 Å². The molecule has 0 bridgehead atoms. The van der Waals surface area contributed by atoms with Crippen molar-refractivity contribution in [2.45, 2.75) is 38.9 Å². The minimum atomic E-state index is -1.78. The highest BCUT2D eigenvalue weighted by Gasteiger charge is 2.38. The number of benzene rings is 2. The van der Waals surface area contributed by atoms with E-state index < -0.39 is 8.32 Å². The van der Waals surface area contributed by atoms with Gasteiger partial charge in [-0.3, -0.25) is 0 Å². The third kappa shape index (κ3) is 4.34. The molecule has 116 valence electrons. The van der Waals surface area contributed by atoms with Crippen molar-refractivity contribution in [3.63, 3.8) is 0 Å². The van der Waals surface area contributed by atoms with Crippen LogP contribution in [0.5, 0.6) is 5.75 Å². The smallest absolute Gasteiger partial charge is 0.250 e. The molecule has 22 heavy (non-hydrogen) atoms. The van der Waals surface area contributed by atoms with Crippen molar-refractivity contribution < 1.29 is 4.43 Å². The number of hydrogen-bond acceptors (Lipinski definition) is 1. The first-order valence-corrected chi connectivity index (χ1v) is 10.7. The van der Waals surface area contributed by atoms with Gasteiger partial charge in [0.25, 0.3) is 0 Å². The Morgan fingerprint density at radius 3 is 2.05 bits per heavy atom. The second kappa shape index (κ2) is 6.53. The highest BCUT2D eigenvalue weighted by Crippen LogP contribution is 2.37. The van der Waals surface area contributed by atoms with Gasteiger partial charge in [0, 0.05) is 0 Å². The Labute approximate surface area is 135 Å². The largest absolute Gasteiger partial charge is 0.543 e. The predicted octanol–water partition coefficient (Wildman–Crippen LogP) is 6.24. The Morgan fingerprint density at radius 2 is 1.41 bits per heavy atom. The lowest BCUT2D eigenvalue weighted by atomic mass is 10.1. The molecule has 1 nitrogen and oxygen atoms in total. The zero-order valence-corrected chi connectivity index (χ0v) is 15.3. The van der Waals surface area contributed by atoms with Crippen LogP contribution < -0.4 is 4.43 Å². The lowest BCUT2D eigenvalue weighted by molar-refractivity contribution is 0.492. The van der Waals surface area contributed by atoms with Crippen molar-refractivity contribution in [2.24, 2.45) is 0 Å². The Kier molecular flexibility index (Phi) is 4.92. The molecule has 0 aliphatic heterocycles. The van der Waals surface area contributed by atoms with Gasteiger partial charge in [-0.1, -0.05) is 75.4 Å². The van der Waals surface area contributed by atoms with Gasteiger partial charge in [0.2, 0.25) is 8.32 Å². The Bertz CT molecular complexity index is 636. The normalized spacial score (nSPS) is 12.6. The zero-order chi connectivity index (χ0) is 16.2. The SMILES string of the molecule is CC(C)(C)[Si](C)(C)Oc1cccc(C=Cc2ccccc2)c1. The molecule has 0 aliphatic carbocycles. The maximum absolute atomic E-state index is 6.36. The molecule has 0 heterocycles. The van der Waals surface area contributed by atoms with Crippen LogP contribution in [-0.4, -0.2) is 8.32 Å². The quantitative estimate of drug-likeness (QED) is 0.479. The minimum absolute atomic E-state index is 0.211. The molecule has 2 rings (SSSR count). The molecule has 0 saturated carbocycles. The van der Waals surface area contributed by atoms with Gasteiger partial charge in [-0.2, -0.15) is 0 Å². The molecule has 0 unspecified atom stereocenters. The van der Waals surface area contributed by atoms with Crippen LogP contribution in [0, 0.1) is 0 Å². The van der Waals surface area contributed by atoms with E-state index in [1.165, 1.54) is 11.1 Å². The van der Waals surface area contributed by atoms with E-state index in [1.54, 1.807) is 0 Å². The van der Waals surface area contributed by atoms with E-state index in [1.807, 2.05) is 6.07 Å². The van der Waals surface area contributed by atoms with Gasteiger partial charge in [-0.25, -0.2) is 0 Å². The zero-order valence-electron chi connectivity index (χ0n) is 14.3. The highest BCUT2D eigenvalue weighted by molar-refractivity contribution is 6.74. The fourth-order valence-electron chi connectivity index (χ4n) is 1.89. The Hall–Kier alpha value is -1.80. The van der Waals surface area contributed by atoms with E-state index in [0.29, 0.717) is 0 Å². The van der Waals surface area contributed by atoms with Crippen LogP contribution in [-0.2, 0) is 0 Å². The lowest BCUT2D eigenvalue weighted by Crippen LogP contribution is -2.43. The summed E-state index contributed by atoms with van der Waals surface area (Å²) in [5.74, 6) is 0.974. The first-order chi connectivity index (χ1) is 10.3. The molecule has 0 amide bonds. The van der Waals surface area contributed by atoms with Crippen molar-refractivity contribution >= 4 is 20.5 Å². The van der Waals surface area contributed by atoms with E-state index in [9.17, 15) is 0 Å². The summed E-state index contributed by atoms with van der Waals surface area (Å²) in [5.41, 5.74) is 2.37. The van der Waals surface area contributed by atoms with Gasteiger partial charge in [0.05, 0.1) is 0 Å². The predicted molar refractivity (Wildman–Crippen MR) is 99.6 cm³/mol. The van der Waals surface area contributed by atoms with E-state index >= 15 is 0 Å². The van der Waals surface area contributed by atoms with Crippen molar-refractivity contribution in [3.8, 4) is 5.75 Å². The molecule has 0 radical (unpaired) electrons. The second-order valence-electron chi connectivity index (χ2n) is 7.18.